The topological polar surface area (TPSA) is 18.1 Å². The number of hydrogen-bond donors (Lipinski definition) is 2. The van der Waals surface area contributed by atoms with Gasteiger partial charge in [-0.1, -0.05) is 24.3 Å². The molecular weight excluding hydrogens is 341 g/mol. The van der Waals surface area contributed by atoms with Gasteiger partial charge in [0.05, 0.1) is 12.7 Å². The Morgan fingerprint density at radius 3 is 2.00 bits per heavy atom. The van der Waals surface area contributed by atoms with Crippen molar-refractivity contribution in [2.75, 3.05) is 33.3 Å². The van der Waals surface area contributed by atoms with E-state index >= 15 is 0 Å². The lowest BCUT2D eigenvalue weighted by atomic mass is 10.1. The SMILES string of the molecule is COc1ccccc1C[NH+]1CC[NH+](Cc2ccc(C(F)(F)F)cc2)CC1. The highest BCUT2D eigenvalue weighted by Crippen LogP contribution is 2.28. The maximum Gasteiger partial charge on any atom is 0.416 e. The summed E-state index contributed by atoms with van der Waals surface area (Å²) in [6.45, 7) is 5.86. The van der Waals surface area contributed by atoms with Crippen molar-refractivity contribution < 1.29 is 27.7 Å². The molecule has 0 spiro atoms. The fourth-order valence-electron chi connectivity index (χ4n) is 3.53. The molecule has 2 N–H and O–H groups in total. The smallest absolute Gasteiger partial charge is 0.416 e. The van der Waals surface area contributed by atoms with E-state index in [0.717, 1.165) is 50.6 Å². The molecule has 1 fully saturated rings. The van der Waals surface area contributed by atoms with Gasteiger partial charge in [0.1, 0.15) is 45.0 Å². The van der Waals surface area contributed by atoms with Crippen molar-refractivity contribution >= 4 is 0 Å². The molecule has 0 aromatic heterocycles. The second-order valence-electron chi connectivity index (χ2n) is 6.86. The van der Waals surface area contributed by atoms with Crippen LogP contribution in [0, 0.1) is 0 Å². The molecule has 1 aliphatic rings. The van der Waals surface area contributed by atoms with Gasteiger partial charge >= 0.3 is 6.18 Å². The summed E-state index contributed by atoms with van der Waals surface area (Å²) in [4.78, 5) is 2.94. The van der Waals surface area contributed by atoms with Gasteiger partial charge in [0, 0.05) is 11.1 Å². The average Bonchev–Trinajstić information content (AvgIpc) is 2.63. The van der Waals surface area contributed by atoms with Gasteiger partial charge in [-0.3, -0.25) is 0 Å². The van der Waals surface area contributed by atoms with E-state index in [1.54, 1.807) is 19.2 Å². The normalized spacial score (nSPS) is 20.8. The van der Waals surface area contributed by atoms with E-state index in [1.165, 1.54) is 27.5 Å². The molecule has 3 nitrogen and oxygen atoms in total. The number of para-hydroxylation sites is 1. The Morgan fingerprint density at radius 2 is 1.42 bits per heavy atom. The van der Waals surface area contributed by atoms with Gasteiger partial charge in [-0.05, 0) is 24.3 Å². The highest BCUT2D eigenvalue weighted by molar-refractivity contribution is 5.32. The molecule has 1 saturated heterocycles. The van der Waals surface area contributed by atoms with Crippen molar-refractivity contribution in [1.29, 1.82) is 0 Å². The minimum atomic E-state index is -4.27. The van der Waals surface area contributed by atoms with Gasteiger partial charge in [0.15, 0.2) is 0 Å². The Morgan fingerprint density at radius 1 is 0.846 bits per heavy atom. The third-order valence-corrected chi connectivity index (χ3v) is 5.03. The fraction of sp³-hybridized carbons (Fsp3) is 0.400. The number of benzene rings is 2. The standard InChI is InChI=1S/C20H23F3N2O/c1-26-19-5-3-2-4-17(19)15-25-12-10-24(11-13-25)14-16-6-8-18(9-7-16)20(21,22)23/h2-9H,10-15H2,1H3/p+2. The van der Waals surface area contributed by atoms with Gasteiger partial charge in [-0.25, -0.2) is 0 Å². The molecule has 26 heavy (non-hydrogen) atoms. The predicted octanol–water partition coefficient (Wildman–Crippen LogP) is 1.20. The summed E-state index contributed by atoms with van der Waals surface area (Å²) in [7, 11) is 1.69. The third kappa shape index (κ3) is 4.77. The zero-order valence-corrected chi connectivity index (χ0v) is 14.9. The number of hydrogen-bond acceptors (Lipinski definition) is 1. The molecule has 1 aliphatic heterocycles. The van der Waals surface area contributed by atoms with Crippen molar-refractivity contribution in [3.05, 3.63) is 65.2 Å². The largest absolute Gasteiger partial charge is 0.496 e. The first-order chi connectivity index (χ1) is 12.5. The lowest BCUT2D eigenvalue weighted by Gasteiger charge is -2.30. The van der Waals surface area contributed by atoms with Crippen LogP contribution in [-0.4, -0.2) is 33.3 Å². The maximum atomic E-state index is 12.6. The number of nitrogens with one attached hydrogen (secondary N) is 2. The van der Waals surface area contributed by atoms with Gasteiger partial charge in [-0.2, -0.15) is 13.2 Å². The van der Waals surface area contributed by atoms with Crippen LogP contribution < -0.4 is 14.5 Å². The van der Waals surface area contributed by atoms with E-state index in [-0.39, 0.29) is 0 Å². The molecule has 0 atom stereocenters. The number of halogens is 3. The molecule has 0 saturated carbocycles. The lowest BCUT2D eigenvalue weighted by molar-refractivity contribution is -1.02. The van der Waals surface area contributed by atoms with Crippen LogP contribution >= 0.6 is 0 Å². The first kappa shape index (κ1) is 18.7. The van der Waals surface area contributed by atoms with E-state index in [0.29, 0.717) is 0 Å². The molecule has 140 valence electrons. The van der Waals surface area contributed by atoms with Gasteiger partial charge in [0.2, 0.25) is 0 Å². The molecular formula is C20H25F3N2O+2. The molecule has 2 aromatic carbocycles. The number of alkyl halides is 3. The molecule has 0 aliphatic carbocycles. The average molecular weight is 366 g/mol. The zero-order valence-electron chi connectivity index (χ0n) is 14.9. The third-order valence-electron chi connectivity index (χ3n) is 5.03. The summed E-state index contributed by atoms with van der Waals surface area (Å²) in [6, 6.07) is 13.7. The number of ether oxygens (including phenoxy) is 1. The second kappa shape index (κ2) is 8.10. The fourth-order valence-corrected chi connectivity index (χ4v) is 3.53. The van der Waals surface area contributed by atoms with Gasteiger partial charge in [0.25, 0.3) is 0 Å². The van der Waals surface area contributed by atoms with Crippen molar-refractivity contribution in [2.45, 2.75) is 19.3 Å². The Kier molecular flexibility index (Phi) is 5.84. The molecule has 0 amide bonds. The molecule has 0 bridgehead atoms. The first-order valence-corrected chi connectivity index (χ1v) is 8.91. The van der Waals surface area contributed by atoms with Crippen molar-refractivity contribution in [3.63, 3.8) is 0 Å². The Balaban J connectivity index is 1.51. The Hall–Kier alpha value is -2.05. The first-order valence-electron chi connectivity index (χ1n) is 8.91. The number of quaternary nitrogens is 2. The number of rotatable bonds is 5. The Bertz CT molecular complexity index is 708. The van der Waals surface area contributed by atoms with Crippen LogP contribution in [0.15, 0.2) is 48.5 Å². The molecule has 6 heteroatoms. The lowest BCUT2D eigenvalue weighted by Crippen LogP contribution is -3.27. The Labute approximate surface area is 152 Å². The molecule has 2 aromatic rings. The minimum Gasteiger partial charge on any atom is -0.496 e. The van der Waals surface area contributed by atoms with Crippen LogP contribution in [-0.2, 0) is 19.3 Å². The van der Waals surface area contributed by atoms with Crippen LogP contribution in [0.1, 0.15) is 16.7 Å². The summed E-state index contributed by atoms with van der Waals surface area (Å²) >= 11 is 0. The minimum absolute atomic E-state index is 0.581. The quantitative estimate of drug-likeness (QED) is 0.814. The molecule has 1 heterocycles. The van der Waals surface area contributed by atoms with Gasteiger partial charge in [-0.15, -0.1) is 0 Å². The van der Waals surface area contributed by atoms with E-state index in [2.05, 4.69) is 6.07 Å². The summed E-state index contributed by atoms with van der Waals surface area (Å²) in [5.41, 5.74) is 1.60. The summed E-state index contributed by atoms with van der Waals surface area (Å²) in [5.74, 6) is 0.930. The van der Waals surface area contributed by atoms with Crippen LogP contribution in [0.2, 0.25) is 0 Å². The maximum absolute atomic E-state index is 12.6. The molecule has 0 radical (unpaired) electrons. The zero-order chi connectivity index (χ0) is 18.6. The van der Waals surface area contributed by atoms with Crippen LogP contribution in [0.3, 0.4) is 0 Å². The summed E-state index contributed by atoms with van der Waals surface area (Å²) in [6.07, 6.45) is -4.27. The van der Waals surface area contributed by atoms with Crippen molar-refractivity contribution in [2.24, 2.45) is 0 Å². The van der Waals surface area contributed by atoms with Crippen molar-refractivity contribution in [3.8, 4) is 5.75 Å². The number of methoxy groups -OCH3 is 1. The van der Waals surface area contributed by atoms with Crippen LogP contribution in [0.4, 0.5) is 13.2 Å². The summed E-state index contributed by atoms with van der Waals surface area (Å²) in [5, 5.41) is 0. The van der Waals surface area contributed by atoms with Crippen LogP contribution in [0.25, 0.3) is 0 Å². The monoisotopic (exact) mass is 366 g/mol. The molecule has 0 unspecified atom stereocenters. The van der Waals surface area contributed by atoms with Crippen molar-refractivity contribution in [1.82, 2.24) is 0 Å². The predicted molar refractivity (Wildman–Crippen MR) is 93.2 cm³/mol. The van der Waals surface area contributed by atoms with Gasteiger partial charge < -0.3 is 14.5 Å². The van der Waals surface area contributed by atoms with E-state index in [1.807, 2.05) is 18.2 Å². The van der Waals surface area contributed by atoms with E-state index in [4.69, 9.17) is 4.74 Å². The van der Waals surface area contributed by atoms with E-state index in [9.17, 15) is 13.2 Å². The van der Waals surface area contributed by atoms with Crippen LogP contribution in [0.5, 0.6) is 5.75 Å². The summed E-state index contributed by atoms with van der Waals surface area (Å²) < 4.78 is 43.3. The van der Waals surface area contributed by atoms with E-state index < -0.39 is 11.7 Å². The number of piperazine rings is 1. The highest BCUT2D eigenvalue weighted by atomic mass is 19.4. The molecule has 3 rings (SSSR count). The highest BCUT2D eigenvalue weighted by Gasteiger charge is 2.30. The second-order valence-corrected chi connectivity index (χ2v) is 6.86.